The highest BCUT2D eigenvalue weighted by Crippen LogP contribution is 2.30. The summed E-state index contributed by atoms with van der Waals surface area (Å²) in [5.74, 6) is 1.90. The Morgan fingerprint density at radius 1 is 1.47 bits per heavy atom. The van der Waals surface area contributed by atoms with E-state index in [1.165, 1.54) is 12.8 Å². The molecule has 82 valence electrons. The number of aliphatic hydroxyl groups excluding tert-OH is 1. The molecule has 0 heterocycles. The summed E-state index contributed by atoms with van der Waals surface area (Å²) in [4.78, 5) is 0. The molecule has 0 radical (unpaired) electrons. The molecule has 2 heteroatoms. The first kappa shape index (κ1) is 10.5. The Hall–Kier alpha value is -1.02. The number of ether oxygens (including phenoxy) is 1. The van der Waals surface area contributed by atoms with E-state index in [-0.39, 0.29) is 12.5 Å². The number of hydrogen-bond donors (Lipinski definition) is 1. The average molecular weight is 206 g/mol. The quantitative estimate of drug-likeness (QED) is 0.802. The van der Waals surface area contributed by atoms with Crippen LogP contribution in [-0.2, 0) is 0 Å². The normalized spacial score (nSPS) is 17.5. The molecular weight excluding hydrogens is 188 g/mol. The Bertz CT molecular complexity index is 318. The van der Waals surface area contributed by atoms with Gasteiger partial charge in [-0.2, -0.15) is 0 Å². The van der Waals surface area contributed by atoms with Crippen LogP contribution in [0.1, 0.15) is 31.2 Å². The molecule has 0 aromatic heterocycles. The van der Waals surface area contributed by atoms with E-state index >= 15 is 0 Å². The SMILES string of the molecule is C[C@H](CO)c1cccc(OCC2CC2)c1. The maximum atomic E-state index is 9.07. The summed E-state index contributed by atoms with van der Waals surface area (Å²) >= 11 is 0. The zero-order chi connectivity index (χ0) is 10.7. The Kier molecular flexibility index (Phi) is 3.27. The molecule has 0 saturated heterocycles. The van der Waals surface area contributed by atoms with Crippen molar-refractivity contribution in [3.8, 4) is 5.75 Å². The monoisotopic (exact) mass is 206 g/mol. The molecule has 0 amide bonds. The van der Waals surface area contributed by atoms with Gasteiger partial charge in [0.05, 0.1) is 6.61 Å². The van der Waals surface area contributed by atoms with Crippen molar-refractivity contribution in [2.24, 2.45) is 5.92 Å². The van der Waals surface area contributed by atoms with Crippen LogP contribution in [-0.4, -0.2) is 18.3 Å². The first-order valence-corrected chi connectivity index (χ1v) is 5.63. The zero-order valence-electron chi connectivity index (χ0n) is 9.15. The maximum absolute atomic E-state index is 9.07. The highest BCUT2D eigenvalue weighted by atomic mass is 16.5. The highest BCUT2D eigenvalue weighted by Gasteiger charge is 2.21. The van der Waals surface area contributed by atoms with Crippen LogP contribution in [0.15, 0.2) is 24.3 Å². The summed E-state index contributed by atoms with van der Waals surface area (Å²) < 4.78 is 5.68. The topological polar surface area (TPSA) is 29.5 Å². The van der Waals surface area contributed by atoms with Gasteiger partial charge < -0.3 is 9.84 Å². The van der Waals surface area contributed by atoms with E-state index < -0.39 is 0 Å². The van der Waals surface area contributed by atoms with Crippen LogP contribution in [0.5, 0.6) is 5.75 Å². The van der Waals surface area contributed by atoms with Gasteiger partial charge in [-0.15, -0.1) is 0 Å². The van der Waals surface area contributed by atoms with E-state index in [0.29, 0.717) is 0 Å². The predicted molar refractivity (Wildman–Crippen MR) is 60.2 cm³/mol. The average Bonchev–Trinajstić information content (AvgIpc) is 3.09. The second kappa shape index (κ2) is 4.67. The van der Waals surface area contributed by atoms with Gasteiger partial charge in [0, 0.05) is 12.5 Å². The number of aliphatic hydroxyl groups is 1. The molecule has 1 aliphatic carbocycles. The minimum Gasteiger partial charge on any atom is -0.493 e. The van der Waals surface area contributed by atoms with Crippen LogP contribution in [0, 0.1) is 5.92 Å². The van der Waals surface area contributed by atoms with Gasteiger partial charge in [-0.1, -0.05) is 19.1 Å². The lowest BCUT2D eigenvalue weighted by molar-refractivity contribution is 0.271. The Balaban J connectivity index is 1.97. The molecule has 2 rings (SSSR count). The van der Waals surface area contributed by atoms with Gasteiger partial charge >= 0.3 is 0 Å². The summed E-state index contributed by atoms with van der Waals surface area (Å²) in [6, 6.07) is 8.04. The summed E-state index contributed by atoms with van der Waals surface area (Å²) in [6.45, 7) is 3.04. The van der Waals surface area contributed by atoms with Gasteiger partial charge in [0.1, 0.15) is 5.75 Å². The summed E-state index contributed by atoms with van der Waals surface area (Å²) in [7, 11) is 0. The summed E-state index contributed by atoms with van der Waals surface area (Å²) in [5.41, 5.74) is 1.14. The van der Waals surface area contributed by atoms with Crippen molar-refractivity contribution in [1.29, 1.82) is 0 Å². The molecule has 0 aliphatic heterocycles. The smallest absolute Gasteiger partial charge is 0.119 e. The summed E-state index contributed by atoms with van der Waals surface area (Å²) in [6.07, 6.45) is 2.62. The number of hydrogen-bond acceptors (Lipinski definition) is 2. The standard InChI is InChI=1S/C13H18O2/c1-10(8-14)12-3-2-4-13(7-12)15-9-11-5-6-11/h2-4,7,10-11,14H,5-6,8-9H2,1H3/t10-/m1/s1. The van der Waals surface area contributed by atoms with E-state index in [1.807, 2.05) is 31.2 Å². The van der Waals surface area contributed by atoms with Gasteiger partial charge in [-0.25, -0.2) is 0 Å². The molecule has 15 heavy (non-hydrogen) atoms. The molecule has 1 N–H and O–H groups in total. The van der Waals surface area contributed by atoms with Crippen molar-refractivity contribution >= 4 is 0 Å². The first-order valence-electron chi connectivity index (χ1n) is 5.63. The molecule has 1 atom stereocenters. The predicted octanol–water partition coefficient (Wildman–Crippen LogP) is 2.57. The second-order valence-electron chi connectivity index (χ2n) is 4.41. The third-order valence-electron chi connectivity index (χ3n) is 2.88. The van der Waals surface area contributed by atoms with Crippen LogP contribution in [0.2, 0.25) is 0 Å². The molecule has 1 aromatic carbocycles. The molecule has 0 bridgehead atoms. The van der Waals surface area contributed by atoms with Crippen LogP contribution in [0.25, 0.3) is 0 Å². The fraction of sp³-hybridized carbons (Fsp3) is 0.538. The Morgan fingerprint density at radius 3 is 2.93 bits per heavy atom. The fourth-order valence-corrected chi connectivity index (χ4v) is 1.51. The Morgan fingerprint density at radius 2 is 2.27 bits per heavy atom. The third kappa shape index (κ3) is 2.96. The van der Waals surface area contributed by atoms with Gasteiger partial charge in [0.25, 0.3) is 0 Å². The molecule has 2 nitrogen and oxygen atoms in total. The third-order valence-corrected chi connectivity index (χ3v) is 2.88. The second-order valence-corrected chi connectivity index (χ2v) is 4.41. The van der Waals surface area contributed by atoms with Crippen molar-refractivity contribution in [1.82, 2.24) is 0 Å². The molecule has 1 saturated carbocycles. The van der Waals surface area contributed by atoms with Gasteiger partial charge in [-0.05, 0) is 36.5 Å². The van der Waals surface area contributed by atoms with Crippen molar-refractivity contribution in [2.75, 3.05) is 13.2 Å². The molecule has 1 fully saturated rings. The molecule has 0 spiro atoms. The first-order chi connectivity index (χ1) is 7.29. The van der Waals surface area contributed by atoms with Gasteiger partial charge in [0.15, 0.2) is 0 Å². The van der Waals surface area contributed by atoms with Crippen LogP contribution in [0.3, 0.4) is 0 Å². The van der Waals surface area contributed by atoms with Crippen molar-refractivity contribution < 1.29 is 9.84 Å². The fourth-order valence-electron chi connectivity index (χ4n) is 1.51. The van der Waals surface area contributed by atoms with Crippen LogP contribution in [0.4, 0.5) is 0 Å². The molecule has 1 aliphatic rings. The van der Waals surface area contributed by atoms with Gasteiger partial charge in [-0.3, -0.25) is 0 Å². The number of rotatable bonds is 5. The molecular formula is C13H18O2. The minimum absolute atomic E-state index is 0.187. The largest absolute Gasteiger partial charge is 0.493 e. The van der Waals surface area contributed by atoms with Gasteiger partial charge in [0.2, 0.25) is 0 Å². The lowest BCUT2D eigenvalue weighted by atomic mass is 10.0. The maximum Gasteiger partial charge on any atom is 0.119 e. The molecule has 0 unspecified atom stereocenters. The minimum atomic E-state index is 0.187. The summed E-state index contributed by atoms with van der Waals surface area (Å²) in [5, 5.41) is 9.07. The van der Waals surface area contributed by atoms with E-state index in [4.69, 9.17) is 9.84 Å². The molecule has 1 aromatic rings. The van der Waals surface area contributed by atoms with Crippen LogP contribution < -0.4 is 4.74 Å². The zero-order valence-corrected chi connectivity index (χ0v) is 9.15. The lowest BCUT2D eigenvalue weighted by Gasteiger charge is -2.11. The lowest BCUT2D eigenvalue weighted by Crippen LogP contribution is -2.02. The Labute approximate surface area is 90.9 Å². The van der Waals surface area contributed by atoms with Crippen LogP contribution >= 0.6 is 0 Å². The van der Waals surface area contributed by atoms with E-state index in [0.717, 1.165) is 23.8 Å². The van der Waals surface area contributed by atoms with Crippen molar-refractivity contribution in [3.05, 3.63) is 29.8 Å². The van der Waals surface area contributed by atoms with E-state index in [1.54, 1.807) is 0 Å². The van der Waals surface area contributed by atoms with E-state index in [9.17, 15) is 0 Å². The van der Waals surface area contributed by atoms with Crippen molar-refractivity contribution in [3.63, 3.8) is 0 Å². The number of benzene rings is 1. The van der Waals surface area contributed by atoms with Crippen molar-refractivity contribution in [2.45, 2.75) is 25.7 Å². The highest BCUT2D eigenvalue weighted by molar-refractivity contribution is 5.30. The van der Waals surface area contributed by atoms with E-state index in [2.05, 4.69) is 0 Å².